The van der Waals surface area contributed by atoms with E-state index in [2.05, 4.69) is 15.2 Å². The van der Waals surface area contributed by atoms with Crippen LogP contribution in [0.2, 0.25) is 0 Å². The molecule has 0 radical (unpaired) electrons. The van der Waals surface area contributed by atoms with Crippen molar-refractivity contribution in [2.24, 2.45) is 0 Å². The average molecular weight is 401 g/mol. The lowest BCUT2D eigenvalue weighted by Gasteiger charge is -2.16. The highest BCUT2D eigenvalue weighted by Gasteiger charge is 2.22. The SMILES string of the molecule is COC(=O)c1ccc(C(=O)NC2CCc3nn(CCN(C)C)c(=O)n3CC2)cc1. The fourth-order valence-electron chi connectivity index (χ4n) is 3.36. The molecule has 0 fully saturated rings. The van der Waals surface area contributed by atoms with E-state index in [4.69, 9.17) is 0 Å². The lowest BCUT2D eigenvalue weighted by molar-refractivity contribution is 0.0600. The minimum absolute atomic E-state index is 0.0425. The van der Waals surface area contributed by atoms with Crippen molar-refractivity contribution in [2.45, 2.75) is 38.4 Å². The number of benzene rings is 1. The largest absolute Gasteiger partial charge is 0.465 e. The molecule has 3 rings (SSSR count). The van der Waals surface area contributed by atoms with Gasteiger partial charge in [-0.15, -0.1) is 0 Å². The summed E-state index contributed by atoms with van der Waals surface area (Å²) in [7, 11) is 5.24. The third-order valence-corrected chi connectivity index (χ3v) is 5.08. The number of amides is 1. The molecule has 1 amide bonds. The molecule has 9 heteroatoms. The molecule has 1 aliphatic heterocycles. The number of aryl methyl sites for hydroxylation is 1. The lowest BCUT2D eigenvalue weighted by atomic mass is 10.1. The quantitative estimate of drug-likeness (QED) is 0.709. The Balaban J connectivity index is 1.60. The van der Waals surface area contributed by atoms with E-state index >= 15 is 0 Å². The van der Waals surface area contributed by atoms with Crippen molar-refractivity contribution in [3.05, 3.63) is 51.7 Å². The van der Waals surface area contributed by atoms with Gasteiger partial charge < -0.3 is 15.0 Å². The highest BCUT2D eigenvalue weighted by atomic mass is 16.5. The fraction of sp³-hybridized carbons (Fsp3) is 0.500. The van der Waals surface area contributed by atoms with Crippen LogP contribution in [-0.4, -0.2) is 64.9 Å². The number of hydrogen-bond donors (Lipinski definition) is 1. The maximum absolute atomic E-state index is 12.6. The van der Waals surface area contributed by atoms with Crippen LogP contribution in [0.3, 0.4) is 0 Å². The van der Waals surface area contributed by atoms with Gasteiger partial charge in [0, 0.05) is 31.1 Å². The van der Waals surface area contributed by atoms with Crippen molar-refractivity contribution in [1.82, 2.24) is 24.6 Å². The van der Waals surface area contributed by atoms with Gasteiger partial charge in [-0.2, -0.15) is 5.10 Å². The van der Waals surface area contributed by atoms with E-state index in [-0.39, 0.29) is 17.6 Å². The molecule has 0 saturated carbocycles. The number of rotatable bonds is 6. The van der Waals surface area contributed by atoms with E-state index in [1.165, 1.54) is 11.8 Å². The van der Waals surface area contributed by atoms with Crippen molar-refractivity contribution in [3.63, 3.8) is 0 Å². The van der Waals surface area contributed by atoms with Crippen molar-refractivity contribution in [2.75, 3.05) is 27.7 Å². The summed E-state index contributed by atoms with van der Waals surface area (Å²) in [5.41, 5.74) is 0.785. The number of hydrogen-bond acceptors (Lipinski definition) is 6. The molecule has 1 aliphatic rings. The predicted octanol–water partition coefficient (Wildman–Crippen LogP) is 0.528. The summed E-state index contributed by atoms with van der Waals surface area (Å²) in [6.07, 6.45) is 2.02. The van der Waals surface area contributed by atoms with Gasteiger partial charge in [0.05, 0.1) is 19.2 Å². The van der Waals surface area contributed by atoms with E-state index in [1.807, 2.05) is 19.0 Å². The van der Waals surface area contributed by atoms with Gasteiger partial charge in [-0.25, -0.2) is 14.3 Å². The van der Waals surface area contributed by atoms with Crippen LogP contribution in [0.5, 0.6) is 0 Å². The number of carbonyl (C=O) groups excluding carboxylic acids is 2. The first-order valence-electron chi connectivity index (χ1n) is 9.69. The Morgan fingerprint density at radius 2 is 1.90 bits per heavy atom. The Labute approximate surface area is 169 Å². The molecule has 29 heavy (non-hydrogen) atoms. The van der Waals surface area contributed by atoms with Crippen LogP contribution in [0.25, 0.3) is 0 Å². The van der Waals surface area contributed by atoms with Gasteiger partial charge in [0.25, 0.3) is 5.91 Å². The second kappa shape index (κ2) is 9.04. The Morgan fingerprint density at radius 1 is 1.21 bits per heavy atom. The highest BCUT2D eigenvalue weighted by molar-refractivity contribution is 5.96. The maximum Gasteiger partial charge on any atom is 0.345 e. The molecule has 9 nitrogen and oxygen atoms in total. The molecule has 1 atom stereocenters. The zero-order valence-corrected chi connectivity index (χ0v) is 17.1. The van der Waals surface area contributed by atoms with E-state index in [9.17, 15) is 14.4 Å². The summed E-state index contributed by atoms with van der Waals surface area (Å²) in [5, 5.41) is 7.50. The molecule has 1 unspecified atom stereocenters. The van der Waals surface area contributed by atoms with Crippen LogP contribution in [0.1, 0.15) is 39.4 Å². The summed E-state index contributed by atoms with van der Waals surface area (Å²) in [4.78, 5) is 38.6. The van der Waals surface area contributed by atoms with Gasteiger partial charge in [0.15, 0.2) is 0 Å². The second-order valence-electron chi connectivity index (χ2n) is 7.44. The first-order chi connectivity index (χ1) is 13.9. The molecule has 0 spiro atoms. The molecule has 1 N–H and O–H groups in total. The molecule has 2 heterocycles. The van der Waals surface area contributed by atoms with Crippen LogP contribution in [-0.2, 0) is 24.2 Å². The minimum Gasteiger partial charge on any atom is -0.465 e. The van der Waals surface area contributed by atoms with E-state index in [0.717, 1.165) is 18.8 Å². The van der Waals surface area contributed by atoms with Gasteiger partial charge in [-0.05, 0) is 51.2 Å². The monoisotopic (exact) mass is 401 g/mol. The molecule has 0 bridgehead atoms. The van der Waals surface area contributed by atoms with Gasteiger partial charge in [0.2, 0.25) is 0 Å². The fourth-order valence-corrected chi connectivity index (χ4v) is 3.36. The van der Waals surface area contributed by atoms with Gasteiger partial charge >= 0.3 is 11.7 Å². The predicted molar refractivity (Wildman–Crippen MR) is 107 cm³/mol. The maximum atomic E-state index is 12.6. The summed E-state index contributed by atoms with van der Waals surface area (Å²) >= 11 is 0. The molecular weight excluding hydrogens is 374 g/mol. The van der Waals surface area contributed by atoms with Crippen LogP contribution in [0.4, 0.5) is 0 Å². The number of methoxy groups -OCH3 is 1. The smallest absolute Gasteiger partial charge is 0.345 e. The minimum atomic E-state index is -0.439. The Morgan fingerprint density at radius 3 is 2.55 bits per heavy atom. The number of esters is 1. The zero-order valence-electron chi connectivity index (χ0n) is 17.1. The topological polar surface area (TPSA) is 98.5 Å². The summed E-state index contributed by atoms with van der Waals surface area (Å²) in [5.74, 6) is 0.133. The molecule has 1 aromatic carbocycles. The van der Waals surface area contributed by atoms with Crippen molar-refractivity contribution < 1.29 is 14.3 Å². The second-order valence-corrected chi connectivity index (χ2v) is 7.44. The summed E-state index contributed by atoms with van der Waals surface area (Å²) in [6.45, 7) is 1.85. The van der Waals surface area contributed by atoms with Crippen LogP contribution in [0.15, 0.2) is 29.1 Å². The standard InChI is InChI=1S/C20H27N5O4/c1-23(2)12-13-25-20(28)24-11-10-16(8-9-17(24)22-25)21-18(26)14-4-6-15(7-5-14)19(27)29-3/h4-7,16H,8-13H2,1-3H3,(H,21,26). The highest BCUT2D eigenvalue weighted by Crippen LogP contribution is 2.13. The zero-order chi connectivity index (χ0) is 21.0. The van der Waals surface area contributed by atoms with Crippen LogP contribution >= 0.6 is 0 Å². The third-order valence-electron chi connectivity index (χ3n) is 5.08. The third kappa shape index (κ3) is 4.92. The number of ether oxygens (including phenoxy) is 1. The van der Waals surface area contributed by atoms with Gasteiger partial charge in [0.1, 0.15) is 5.82 Å². The number of aromatic nitrogens is 3. The average Bonchev–Trinajstić information content (AvgIpc) is 2.88. The lowest BCUT2D eigenvalue weighted by Crippen LogP contribution is -2.36. The number of nitrogens with zero attached hydrogens (tertiary/aromatic N) is 4. The van der Waals surface area contributed by atoms with E-state index in [0.29, 0.717) is 37.1 Å². The molecule has 1 aromatic heterocycles. The van der Waals surface area contributed by atoms with Crippen LogP contribution in [0, 0.1) is 0 Å². The Bertz CT molecular complexity index is 929. The molecule has 0 aliphatic carbocycles. The first kappa shape index (κ1) is 20.8. The Hall–Kier alpha value is -2.94. The van der Waals surface area contributed by atoms with E-state index in [1.54, 1.807) is 28.8 Å². The number of fused-ring (bicyclic) bond motifs is 1. The van der Waals surface area contributed by atoms with Gasteiger partial charge in [-0.1, -0.05) is 0 Å². The number of nitrogens with one attached hydrogen (secondary N) is 1. The van der Waals surface area contributed by atoms with Crippen molar-refractivity contribution in [3.8, 4) is 0 Å². The molecule has 2 aromatic rings. The van der Waals surface area contributed by atoms with Crippen molar-refractivity contribution in [1.29, 1.82) is 0 Å². The molecule has 156 valence electrons. The molecule has 0 saturated heterocycles. The Kier molecular flexibility index (Phi) is 6.48. The number of likely N-dealkylation sites (N-methyl/N-ethyl adjacent to an activating group) is 1. The van der Waals surface area contributed by atoms with Gasteiger partial charge in [-0.3, -0.25) is 9.36 Å². The first-order valence-corrected chi connectivity index (χ1v) is 9.69. The summed E-state index contributed by atoms with van der Waals surface area (Å²) < 4.78 is 7.90. The molecular formula is C20H27N5O4. The number of carbonyl (C=O) groups is 2. The van der Waals surface area contributed by atoms with E-state index < -0.39 is 5.97 Å². The normalized spacial score (nSPS) is 16.2. The van der Waals surface area contributed by atoms with Crippen LogP contribution < -0.4 is 11.0 Å². The summed E-state index contributed by atoms with van der Waals surface area (Å²) in [6, 6.07) is 6.30. The van der Waals surface area contributed by atoms with Crippen molar-refractivity contribution >= 4 is 11.9 Å².